The third kappa shape index (κ3) is 3.14. The third-order valence-electron chi connectivity index (χ3n) is 2.65. The Morgan fingerprint density at radius 1 is 1.17 bits per heavy atom. The molecule has 0 aliphatic heterocycles. The summed E-state index contributed by atoms with van der Waals surface area (Å²) in [6.07, 6.45) is 0. The predicted molar refractivity (Wildman–Crippen MR) is 76.9 cm³/mol. The third-order valence-corrected chi connectivity index (χ3v) is 3.72. The minimum absolute atomic E-state index is 0.00658. The molecule has 0 saturated heterocycles. The van der Waals surface area contributed by atoms with E-state index >= 15 is 0 Å². The Morgan fingerprint density at radius 2 is 1.89 bits per heavy atom. The van der Waals surface area contributed by atoms with E-state index in [9.17, 15) is 4.79 Å². The fourth-order valence-corrected chi connectivity index (χ4v) is 2.59. The van der Waals surface area contributed by atoms with Gasteiger partial charge in [0.15, 0.2) is 5.78 Å². The first-order valence-electron chi connectivity index (χ1n) is 5.74. The summed E-state index contributed by atoms with van der Waals surface area (Å²) in [5.41, 5.74) is 8.28. The molecule has 0 aliphatic rings. The number of nitrogen functional groups attached to an aromatic ring is 1. The first-order valence-corrected chi connectivity index (χ1v) is 6.72. The molecule has 2 aromatic carbocycles. The molecule has 2 N–H and O–H groups in total. The van der Waals surface area contributed by atoms with E-state index in [0.717, 1.165) is 10.6 Å². The standard InChI is InChI=1S/C15H15NOS/c1-11(17)14-8-7-13(9-15(14)16)18-10-12-5-3-2-4-6-12/h2-9H,10,16H2,1H3. The highest BCUT2D eigenvalue weighted by Gasteiger charge is 2.05. The van der Waals surface area contributed by atoms with Gasteiger partial charge in [-0.05, 0) is 30.7 Å². The van der Waals surface area contributed by atoms with Crippen LogP contribution in [0.3, 0.4) is 0 Å². The lowest BCUT2D eigenvalue weighted by Crippen LogP contribution is -1.99. The maximum absolute atomic E-state index is 11.3. The Labute approximate surface area is 111 Å². The van der Waals surface area contributed by atoms with E-state index < -0.39 is 0 Å². The monoisotopic (exact) mass is 257 g/mol. The van der Waals surface area contributed by atoms with Gasteiger partial charge in [0.25, 0.3) is 0 Å². The zero-order valence-electron chi connectivity index (χ0n) is 10.2. The van der Waals surface area contributed by atoms with Gasteiger partial charge in [0.05, 0.1) is 0 Å². The Bertz CT molecular complexity index is 552. The smallest absolute Gasteiger partial charge is 0.161 e. The van der Waals surface area contributed by atoms with Crippen LogP contribution in [-0.2, 0) is 5.75 Å². The number of benzene rings is 2. The molecule has 0 amide bonds. The Morgan fingerprint density at radius 3 is 2.50 bits per heavy atom. The molecule has 2 nitrogen and oxygen atoms in total. The molecule has 0 fully saturated rings. The molecule has 3 heteroatoms. The van der Waals surface area contributed by atoms with E-state index in [4.69, 9.17) is 5.73 Å². The fourth-order valence-electron chi connectivity index (χ4n) is 1.69. The molecule has 2 aromatic rings. The number of carbonyl (C=O) groups excluding carboxylic acids is 1. The summed E-state index contributed by atoms with van der Waals surface area (Å²) < 4.78 is 0. The number of ketones is 1. The molecule has 0 radical (unpaired) electrons. The highest BCUT2D eigenvalue weighted by Crippen LogP contribution is 2.26. The molecule has 0 bridgehead atoms. The molecule has 0 atom stereocenters. The van der Waals surface area contributed by atoms with Crippen LogP contribution in [0, 0.1) is 0 Å². The molecule has 0 aromatic heterocycles. The van der Waals surface area contributed by atoms with Crippen LogP contribution in [0.15, 0.2) is 53.4 Å². The van der Waals surface area contributed by atoms with Crippen molar-refractivity contribution in [3.8, 4) is 0 Å². The largest absolute Gasteiger partial charge is 0.398 e. The van der Waals surface area contributed by atoms with E-state index in [1.54, 1.807) is 17.8 Å². The molecule has 0 aliphatic carbocycles. The number of hydrogen-bond donors (Lipinski definition) is 1. The van der Waals surface area contributed by atoms with E-state index in [1.165, 1.54) is 12.5 Å². The average Bonchev–Trinajstić information content (AvgIpc) is 2.37. The molecule has 18 heavy (non-hydrogen) atoms. The van der Waals surface area contributed by atoms with Crippen LogP contribution in [-0.4, -0.2) is 5.78 Å². The lowest BCUT2D eigenvalue weighted by Gasteiger charge is -2.06. The molecule has 92 valence electrons. The number of rotatable bonds is 4. The Balaban J connectivity index is 2.07. The number of nitrogens with two attached hydrogens (primary N) is 1. The summed E-state index contributed by atoms with van der Waals surface area (Å²) in [5.74, 6) is 0.909. The van der Waals surface area contributed by atoms with Crippen molar-refractivity contribution in [2.45, 2.75) is 17.6 Å². The van der Waals surface area contributed by atoms with Crippen LogP contribution < -0.4 is 5.73 Å². The Kier molecular flexibility index (Phi) is 4.05. The van der Waals surface area contributed by atoms with Crippen LogP contribution >= 0.6 is 11.8 Å². The normalized spacial score (nSPS) is 10.3. The van der Waals surface area contributed by atoms with Gasteiger partial charge in [-0.1, -0.05) is 30.3 Å². The summed E-state index contributed by atoms with van der Waals surface area (Å²) >= 11 is 1.72. The minimum atomic E-state index is 0.00658. The van der Waals surface area contributed by atoms with Crippen molar-refractivity contribution in [1.29, 1.82) is 0 Å². The van der Waals surface area contributed by atoms with Crippen molar-refractivity contribution >= 4 is 23.2 Å². The maximum Gasteiger partial charge on any atom is 0.161 e. The second-order valence-corrected chi connectivity index (χ2v) is 5.13. The Hall–Kier alpha value is -1.74. The SMILES string of the molecule is CC(=O)c1ccc(SCc2ccccc2)cc1N. The first-order chi connectivity index (χ1) is 8.66. The summed E-state index contributed by atoms with van der Waals surface area (Å²) in [7, 11) is 0. The van der Waals surface area contributed by atoms with Gasteiger partial charge < -0.3 is 5.73 Å². The van der Waals surface area contributed by atoms with Crippen molar-refractivity contribution in [2.75, 3.05) is 5.73 Å². The van der Waals surface area contributed by atoms with Gasteiger partial charge in [-0.15, -0.1) is 11.8 Å². The number of hydrogen-bond acceptors (Lipinski definition) is 3. The summed E-state index contributed by atoms with van der Waals surface area (Å²) in [6.45, 7) is 1.53. The quantitative estimate of drug-likeness (QED) is 0.515. The highest BCUT2D eigenvalue weighted by atomic mass is 32.2. The van der Waals surface area contributed by atoms with Crippen molar-refractivity contribution < 1.29 is 4.79 Å². The molecular weight excluding hydrogens is 242 g/mol. The maximum atomic E-state index is 11.3. The lowest BCUT2D eigenvalue weighted by molar-refractivity contribution is 0.101. The summed E-state index contributed by atoms with van der Waals surface area (Å²) in [5, 5.41) is 0. The molecule has 0 spiro atoms. The number of carbonyl (C=O) groups is 1. The van der Waals surface area contributed by atoms with Crippen molar-refractivity contribution in [2.24, 2.45) is 0 Å². The van der Waals surface area contributed by atoms with Gasteiger partial charge in [0, 0.05) is 21.9 Å². The van der Waals surface area contributed by atoms with Gasteiger partial charge >= 0.3 is 0 Å². The highest BCUT2D eigenvalue weighted by molar-refractivity contribution is 7.98. The number of Topliss-reactive ketones (excluding diaryl/α,β-unsaturated/α-hetero) is 1. The van der Waals surface area contributed by atoms with Gasteiger partial charge in [0.1, 0.15) is 0 Å². The van der Waals surface area contributed by atoms with E-state index in [-0.39, 0.29) is 5.78 Å². The van der Waals surface area contributed by atoms with Gasteiger partial charge in [0.2, 0.25) is 0 Å². The lowest BCUT2D eigenvalue weighted by atomic mass is 10.1. The van der Waals surface area contributed by atoms with Crippen molar-refractivity contribution in [1.82, 2.24) is 0 Å². The molecular formula is C15H15NOS. The number of anilines is 1. The summed E-state index contributed by atoms with van der Waals surface area (Å²) in [6, 6.07) is 15.9. The van der Waals surface area contributed by atoms with Crippen LogP contribution in [0.2, 0.25) is 0 Å². The van der Waals surface area contributed by atoms with Crippen LogP contribution in [0.4, 0.5) is 5.69 Å². The van der Waals surface area contributed by atoms with Crippen molar-refractivity contribution in [3.05, 3.63) is 59.7 Å². The number of thioether (sulfide) groups is 1. The zero-order chi connectivity index (χ0) is 13.0. The van der Waals surface area contributed by atoms with Gasteiger partial charge in [-0.3, -0.25) is 4.79 Å². The minimum Gasteiger partial charge on any atom is -0.398 e. The fraction of sp³-hybridized carbons (Fsp3) is 0.133. The van der Waals surface area contributed by atoms with Crippen molar-refractivity contribution in [3.63, 3.8) is 0 Å². The van der Waals surface area contributed by atoms with Crippen LogP contribution in [0.25, 0.3) is 0 Å². The topological polar surface area (TPSA) is 43.1 Å². The second-order valence-electron chi connectivity index (χ2n) is 4.08. The zero-order valence-corrected chi connectivity index (χ0v) is 11.0. The van der Waals surface area contributed by atoms with E-state index in [2.05, 4.69) is 12.1 Å². The van der Waals surface area contributed by atoms with Gasteiger partial charge in [-0.25, -0.2) is 0 Å². The van der Waals surface area contributed by atoms with Gasteiger partial charge in [-0.2, -0.15) is 0 Å². The molecule has 2 rings (SSSR count). The first kappa shape index (κ1) is 12.7. The van der Waals surface area contributed by atoms with E-state index in [0.29, 0.717) is 11.3 Å². The second kappa shape index (κ2) is 5.74. The van der Waals surface area contributed by atoms with Crippen LogP contribution in [0.1, 0.15) is 22.8 Å². The average molecular weight is 257 g/mol. The van der Waals surface area contributed by atoms with Crippen LogP contribution in [0.5, 0.6) is 0 Å². The predicted octanol–water partition coefficient (Wildman–Crippen LogP) is 3.76. The molecule has 0 heterocycles. The van der Waals surface area contributed by atoms with E-state index in [1.807, 2.05) is 30.3 Å². The molecule has 0 saturated carbocycles. The molecule has 0 unspecified atom stereocenters. The summed E-state index contributed by atoms with van der Waals surface area (Å²) in [4.78, 5) is 12.4.